The number of imidazole rings is 1. The number of fused-ring (bicyclic) bond motifs is 1. The first-order valence-corrected chi connectivity index (χ1v) is 7.98. The average Bonchev–Trinajstić information content (AvgIpc) is 2.83. The topological polar surface area (TPSA) is 53.1 Å². The van der Waals surface area contributed by atoms with Gasteiger partial charge < -0.3 is 15.0 Å². The molecule has 0 aliphatic rings. The molecule has 21 heavy (non-hydrogen) atoms. The highest BCUT2D eigenvalue weighted by atomic mass is 16.5. The monoisotopic (exact) mass is 289 g/mol. The van der Waals surface area contributed by atoms with Crippen molar-refractivity contribution in [3.8, 4) is 5.75 Å². The fraction of sp³-hybridized carbons (Fsp3) is 0.588. The van der Waals surface area contributed by atoms with Gasteiger partial charge in [0.1, 0.15) is 11.6 Å². The van der Waals surface area contributed by atoms with E-state index in [2.05, 4.69) is 31.4 Å². The molecule has 0 aliphatic carbocycles. The summed E-state index contributed by atoms with van der Waals surface area (Å²) >= 11 is 0. The third kappa shape index (κ3) is 3.38. The molecule has 4 nitrogen and oxygen atoms in total. The normalized spacial score (nSPS) is 13.0. The van der Waals surface area contributed by atoms with Crippen LogP contribution >= 0.6 is 0 Å². The van der Waals surface area contributed by atoms with E-state index in [9.17, 15) is 0 Å². The van der Waals surface area contributed by atoms with Crippen LogP contribution < -0.4 is 10.5 Å². The number of nitrogens with two attached hydrogens (primary N) is 1. The van der Waals surface area contributed by atoms with Gasteiger partial charge in [0, 0.05) is 12.1 Å². The zero-order chi connectivity index (χ0) is 15.4. The quantitative estimate of drug-likeness (QED) is 0.831. The first kappa shape index (κ1) is 15.8. The Morgan fingerprint density at radius 2 is 2.05 bits per heavy atom. The van der Waals surface area contributed by atoms with Crippen LogP contribution in [0.3, 0.4) is 0 Å². The highest BCUT2D eigenvalue weighted by Crippen LogP contribution is 2.28. The Bertz CT molecular complexity index is 589. The Balaban J connectivity index is 2.45. The third-order valence-corrected chi connectivity index (χ3v) is 3.72. The largest absolute Gasteiger partial charge is 0.494 e. The molecule has 2 rings (SSSR count). The second-order valence-electron chi connectivity index (χ2n) is 5.77. The maximum absolute atomic E-state index is 6.37. The Labute approximate surface area is 127 Å². The standard InChI is InChI=1S/C17H27N3O/c1-5-7-8-14(18)17-19-15-11-13(21-6-2)9-10-16(15)20(17)12(3)4/h9-12,14H,5-8,18H2,1-4H3. The van der Waals surface area contributed by atoms with E-state index >= 15 is 0 Å². The number of ether oxygens (including phenoxy) is 1. The summed E-state index contributed by atoms with van der Waals surface area (Å²) < 4.78 is 7.82. The van der Waals surface area contributed by atoms with E-state index in [0.717, 1.165) is 41.9 Å². The maximum Gasteiger partial charge on any atom is 0.127 e. The van der Waals surface area contributed by atoms with Crippen molar-refractivity contribution in [1.82, 2.24) is 9.55 Å². The Hall–Kier alpha value is -1.55. The molecule has 0 aliphatic heterocycles. The number of rotatable bonds is 7. The van der Waals surface area contributed by atoms with Crippen LogP contribution in [-0.2, 0) is 0 Å². The van der Waals surface area contributed by atoms with Gasteiger partial charge in [-0.3, -0.25) is 0 Å². The van der Waals surface area contributed by atoms with Crippen LogP contribution in [-0.4, -0.2) is 16.2 Å². The summed E-state index contributed by atoms with van der Waals surface area (Å²) in [6, 6.07) is 6.44. The first-order valence-electron chi connectivity index (χ1n) is 7.98. The van der Waals surface area contributed by atoms with Crippen molar-refractivity contribution in [3.63, 3.8) is 0 Å². The highest BCUT2D eigenvalue weighted by Gasteiger charge is 2.18. The van der Waals surface area contributed by atoms with Crippen molar-refractivity contribution >= 4 is 11.0 Å². The Morgan fingerprint density at radius 1 is 1.29 bits per heavy atom. The van der Waals surface area contributed by atoms with Crippen molar-refractivity contribution in [2.75, 3.05) is 6.61 Å². The molecule has 0 saturated heterocycles. The summed E-state index contributed by atoms with van der Waals surface area (Å²) in [4.78, 5) is 4.79. The molecular formula is C17H27N3O. The first-order chi connectivity index (χ1) is 10.1. The van der Waals surface area contributed by atoms with Gasteiger partial charge in [0.15, 0.2) is 0 Å². The van der Waals surface area contributed by atoms with E-state index < -0.39 is 0 Å². The van der Waals surface area contributed by atoms with Crippen LogP contribution in [0.4, 0.5) is 0 Å². The van der Waals surface area contributed by atoms with E-state index in [1.54, 1.807) is 0 Å². The Morgan fingerprint density at radius 3 is 2.67 bits per heavy atom. The van der Waals surface area contributed by atoms with Gasteiger partial charge in [-0.1, -0.05) is 19.8 Å². The molecular weight excluding hydrogens is 262 g/mol. The molecule has 0 amide bonds. The summed E-state index contributed by atoms with van der Waals surface area (Å²) in [6.07, 6.45) is 3.27. The van der Waals surface area contributed by atoms with Crippen molar-refractivity contribution < 1.29 is 4.74 Å². The lowest BCUT2D eigenvalue weighted by molar-refractivity contribution is 0.340. The molecule has 1 aromatic carbocycles. The molecule has 0 fully saturated rings. The van der Waals surface area contributed by atoms with E-state index in [4.69, 9.17) is 15.5 Å². The number of benzene rings is 1. The van der Waals surface area contributed by atoms with E-state index in [-0.39, 0.29) is 6.04 Å². The SMILES string of the molecule is CCCCC(N)c1nc2cc(OCC)ccc2n1C(C)C. The zero-order valence-electron chi connectivity index (χ0n) is 13.6. The molecule has 1 atom stereocenters. The number of unbranched alkanes of at least 4 members (excludes halogenated alkanes) is 1. The molecule has 1 aromatic heterocycles. The van der Waals surface area contributed by atoms with Crippen LogP contribution in [0.5, 0.6) is 5.75 Å². The second kappa shape index (κ2) is 6.94. The fourth-order valence-electron chi connectivity index (χ4n) is 2.71. The molecule has 1 unspecified atom stereocenters. The summed E-state index contributed by atoms with van der Waals surface area (Å²) in [5.41, 5.74) is 8.47. The number of hydrogen-bond donors (Lipinski definition) is 1. The zero-order valence-corrected chi connectivity index (χ0v) is 13.6. The molecule has 4 heteroatoms. The van der Waals surface area contributed by atoms with Crippen LogP contribution in [0.25, 0.3) is 11.0 Å². The summed E-state index contributed by atoms with van der Waals surface area (Å²) in [7, 11) is 0. The lowest BCUT2D eigenvalue weighted by Crippen LogP contribution is -2.17. The van der Waals surface area contributed by atoms with Gasteiger partial charge in [-0.25, -0.2) is 4.98 Å². The third-order valence-electron chi connectivity index (χ3n) is 3.72. The van der Waals surface area contributed by atoms with Crippen molar-refractivity contribution in [2.24, 2.45) is 5.73 Å². The smallest absolute Gasteiger partial charge is 0.127 e. The van der Waals surface area contributed by atoms with Gasteiger partial charge in [0.25, 0.3) is 0 Å². The van der Waals surface area contributed by atoms with Crippen molar-refractivity contribution in [3.05, 3.63) is 24.0 Å². The summed E-state index contributed by atoms with van der Waals surface area (Å²) in [6.45, 7) is 9.19. The predicted octanol–water partition coefficient (Wildman–Crippen LogP) is 4.21. The van der Waals surface area contributed by atoms with Gasteiger partial charge >= 0.3 is 0 Å². The molecule has 1 heterocycles. The van der Waals surface area contributed by atoms with Gasteiger partial charge in [-0.2, -0.15) is 0 Å². The minimum absolute atomic E-state index is 0.00436. The highest BCUT2D eigenvalue weighted by molar-refractivity contribution is 5.78. The van der Waals surface area contributed by atoms with E-state index in [1.165, 1.54) is 0 Å². The lowest BCUT2D eigenvalue weighted by Gasteiger charge is -2.17. The lowest BCUT2D eigenvalue weighted by atomic mass is 10.1. The van der Waals surface area contributed by atoms with Gasteiger partial charge in [-0.05, 0) is 39.3 Å². The maximum atomic E-state index is 6.37. The summed E-state index contributed by atoms with van der Waals surface area (Å²) in [5.74, 6) is 1.86. The molecule has 2 N–H and O–H groups in total. The number of hydrogen-bond acceptors (Lipinski definition) is 3. The van der Waals surface area contributed by atoms with Crippen LogP contribution in [0.1, 0.15) is 64.9 Å². The van der Waals surface area contributed by atoms with Gasteiger partial charge in [-0.15, -0.1) is 0 Å². The van der Waals surface area contributed by atoms with Gasteiger partial charge in [0.05, 0.1) is 23.7 Å². The molecule has 116 valence electrons. The van der Waals surface area contributed by atoms with Crippen molar-refractivity contribution in [1.29, 1.82) is 0 Å². The number of aromatic nitrogens is 2. The Kier molecular flexibility index (Phi) is 5.23. The molecule has 0 saturated carbocycles. The van der Waals surface area contributed by atoms with E-state index in [0.29, 0.717) is 12.6 Å². The minimum atomic E-state index is -0.00436. The minimum Gasteiger partial charge on any atom is -0.494 e. The molecule has 0 bridgehead atoms. The second-order valence-corrected chi connectivity index (χ2v) is 5.77. The fourth-order valence-corrected chi connectivity index (χ4v) is 2.71. The van der Waals surface area contributed by atoms with Crippen LogP contribution in [0.2, 0.25) is 0 Å². The van der Waals surface area contributed by atoms with Crippen LogP contribution in [0.15, 0.2) is 18.2 Å². The average molecular weight is 289 g/mol. The van der Waals surface area contributed by atoms with E-state index in [1.807, 2.05) is 19.1 Å². The molecule has 2 aromatic rings. The summed E-state index contributed by atoms with van der Waals surface area (Å²) in [5, 5.41) is 0. The van der Waals surface area contributed by atoms with Crippen LogP contribution in [0, 0.1) is 0 Å². The predicted molar refractivity (Wildman–Crippen MR) is 87.7 cm³/mol. The van der Waals surface area contributed by atoms with Crippen molar-refractivity contribution in [2.45, 2.75) is 59.0 Å². The van der Waals surface area contributed by atoms with Gasteiger partial charge in [0.2, 0.25) is 0 Å². The number of nitrogens with zero attached hydrogens (tertiary/aromatic N) is 2. The molecule has 0 radical (unpaired) electrons. The molecule has 0 spiro atoms.